The Kier molecular flexibility index (Phi) is 6.51. The minimum absolute atomic E-state index is 0.0561. The molecule has 2 aromatic carbocycles. The fraction of sp³-hybridized carbons (Fsp3) is 0.182. The summed E-state index contributed by atoms with van der Waals surface area (Å²) in [5.74, 6) is 0.217. The molecule has 0 saturated heterocycles. The van der Waals surface area contributed by atoms with E-state index in [-0.39, 0.29) is 5.78 Å². The number of nitrogens with zero attached hydrogens (tertiary/aromatic N) is 1. The summed E-state index contributed by atoms with van der Waals surface area (Å²) in [6, 6.07) is 17.2. The van der Waals surface area contributed by atoms with Crippen molar-refractivity contribution in [1.82, 2.24) is 5.32 Å². The Hall–Kier alpha value is -2.19. The van der Waals surface area contributed by atoms with Gasteiger partial charge in [0.25, 0.3) is 0 Å². The monoisotopic (exact) mass is 428 g/mol. The Morgan fingerprint density at radius 2 is 1.68 bits per heavy atom. The average Bonchev–Trinajstić information content (AvgIpc) is 2.67. The van der Waals surface area contributed by atoms with E-state index in [9.17, 15) is 10.1 Å². The molecule has 142 valence electrons. The molecule has 0 amide bonds. The molecule has 28 heavy (non-hydrogen) atoms. The van der Waals surface area contributed by atoms with Gasteiger partial charge in [0.1, 0.15) is 0 Å². The van der Waals surface area contributed by atoms with Gasteiger partial charge in [0, 0.05) is 27.1 Å². The van der Waals surface area contributed by atoms with Crippen molar-refractivity contribution in [3.8, 4) is 6.07 Å². The number of hydrogen-bond acceptors (Lipinski definition) is 4. The number of carbonyl (C=O) groups is 1. The lowest BCUT2D eigenvalue weighted by molar-refractivity contribution is -0.113. The van der Waals surface area contributed by atoms with Gasteiger partial charge in [0.05, 0.1) is 22.6 Å². The first-order chi connectivity index (χ1) is 13.4. The Balaban J connectivity index is 1.99. The van der Waals surface area contributed by atoms with Crippen molar-refractivity contribution in [3.05, 3.63) is 91.6 Å². The largest absolute Gasteiger partial charge is 0.353 e. The first-order valence-corrected chi connectivity index (χ1v) is 10.4. The van der Waals surface area contributed by atoms with Crippen LogP contribution in [0, 0.1) is 11.3 Å². The molecule has 1 N–H and O–H groups in total. The van der Waals surface area contributed by atoms with E-state index < -0.39 is 5.92 Å². The molecule has 0 unspecified atom stereocenters. The smallest absolute Gasteiger partial charge is 0.158 e. The summed E-state index contributed by atoms with van der Waals surface area (Å²) < 4.78 is 0. The number of Topliss-reactive ketones (excluding diaryl/α,β-unsaturated/α-hetero) is 1. The lowest BCUT2D eigenvalue weighted by atomic mass is 9.81. The van der Waals surface area contributed by atoms with Crippen molar-refractivity contribution < 1.29 is 4.79 Å². The second kappa shape index (κ2) is 8.87. The zero-order chi connectivity index (χ0) is 20.3. The normalized spacial score (nSPS) is 16.6. The number of nitrogens with one attached hydrogen (secondary N) is 1. The Labute approximate surface area is 179 Å². The molecule has 2 aromatic rings. The standard InChI is InChI=1S/C22H18Cl2N2OS/c1-13-20(14(2)27)21(16-5-9-18(24)10-6-16)19(11-25)22(26-13)28-12-15-3-7-17(23)8-4-15/h3-10,21,26H,12H2,1-2H3/t21-/m1/s1. The van der Waals surface area contributed by atoms with E-state index in [1.54, 1.807) is 12.1 Å². The molecule has 1 heterocycles. The number of rotatable bonds is 5. The van der Waals surface area contributed by atoms with Crippen molar-refractivity contribution in [1.29, 1.82) is 5.26 Å². The summed E-state index contributed by atoms with van der Waals surface area (Å²) in [6.07, 6.45) is 0. The molecule has 6 heteroatoms. The number of allylic oxidation sites excluding steroid dienone is 3. The molecular formula is C22H18Cl2N2OS. The van der Waals surface area contributed by atoms with Crippen LogP contribution in [0.15, 0.2) is 70.4 Å². The van der Waals surface area contributed by atoms with Gasteiger partial charge in [-0.15, -0.1) is 11.8 Å². The lowest BCUT2D eigenvalue weighted by Crippen LogP contribution is -2.27. The quantitative estimate of drug-likeness (QED) is 0.614. The van der Waals surface area contributed by atoms with E-state index in [4.69, 9.17) is 23.2 Å². The summed E-state index contributed by atoms with van der Waals surface area (Å²) in [4.78, 5) is 12.4. The third-order valence-electron chi connectivity index (χ3n) is 4.53. The van der Waals surface area contributed by atoms with Crippen LogP contribution in [0.4, 0.5) is 0 Å². The number of thioether (sulfide) groups is 1. The predicted octanol–water partition coefficient (Wildman–Crippen LogP) is 6.21. The van der Waals surface area contributed by atoms with Gasteiger partial charge in [-0.3, -0.25) is 4.79 Å². The number of carbonyl (C=O) groups excluding carboxylic acids is 1. The van der Waals surface area contributed by atoms with Gasteiger partial charge in [-0.1, -0.05) is 47.5 Å². The molecule has 0 fully saturated rings. The van der Waals surface area contributed by atoms with Crippen LogP contribution in [0.2, 0.25) is 10.0 Å². The molecule has 0 spiro atoms. The molecule has 1 aliphatic heterocycles. The maximum absolute atomic E-state index is 12.4. The number of dihydropyridines is 1. The Morgan fingerprint density at radius 3 is 2.21 bits per heavy atom. The Bertz CT molecular complexity index is 1000. The zero-order valence-electron chi connectivity index (χ0n) is 15.4. The number of ketones is 1. The number of nitriles is 1. The lowest BCUT2D eigenvalue weighted by Gasteiger charge is -2.29. The Morgan fingerprint density at radius 1 is 1.11 bits per heavy atom. The van der Waals surface area contributed by atoms with Gasteiger partial charge in [-0.05, 0) is 49.2 Å². The molecule has 3 nitrogen and oxygen atoms in total. The van der Waals surface area contributed by atoms with Gasteiger partial charge in [0.15, 0.2) is 5.78 Å². The summed E-state index contributed by atoms with van der Waals surface area (Å²) in [5, 5.41) is 15.3. The highest BCUT2D eigenvalue weighted by Crippen LogP contribution is 2.41. The topological polar surface area (TPSA) is 52.9 Å². The summed E-state index contributed by atoms with van der Waals surface area (Å²) in [5.41, 5.74) is 3.89. The minimum Gasteiger partial charge on any atom is -0.353 e. The zero-order valence-corrected chi connectivity index (χ0v) is 17.8. The van der Waals surface area contributed by atoms with Crippen LogP contribution < -0.4 is 5.32 Å². The molecule has 0 bridgehead atoms. The molecular weight excluding hydrogens is 411 g/mol. The van der Waals surface area contributed by atoms with Crippen molar-refractivity contribution in [2.75, 3.05) is 0 Å². The van der Waals surface area contributed by atoms with Gasteiger partial charge < -0.3 is 5.32 Å². The van der Waals surface area contributed by atoms with Crippen LogP contribution >= 0.6 is 35.0 Å². The van der Waals surface area contributed by atoms with Crippen LogP contribution in [0.1, 0.15) is 30.9 Å². The summed E-state index contributed by atoms with van der Waals surface area (Å²) >= 11 is 13.5. The van der Waals surface area contributed by atoms with E-state index >= 15 is 0 Å². The van der Waals surface area contributed by atoms with E-state index in [1.807, 2.05) is 43.3 Å². The number of benzene rings is 2. The van der Waals surface area contributed by atoms with Gasteiger partial charge in [0.2, 0.25) is 0 Å². The van der Waals surface area contributed by atoms with Gasteiger partial charge >= 0.3 is 0 Å². The second-order valence-corrected chi connectivity index (χ2v) is 8.33. The maximum Gasteiger partial charge on any atom is 0.158 e. The van der Waals surface area contributed by atoms with Crippen LogP contribution in [-0.4, -0.2) is 5.78 Å². The van der Waals surface area contributed by atoms with Crippen molar-refractivity contribution >= 4 is 40.7 Å². The SMILES string of the molecule is CC(=O)C1=C(C)NC(SCc2ccc(Cl)cc2)=C(C#N)[C@H]1c1ccc(Cl)cc1. The number of hydrogen-bond donors (Lipinski definition) is 1. The molecule has 0 aliphatic carbocycles. The molecule has 0 aromatic heterocycles. The number of halogens is 2. The molecule has 0 radical (unpaired) electrons. The maximum atomic E-state index is 12.4. The fourth-order valence-electron chi connectivity index (χ4n) is 3.22. The third-order valence-corrected chi connectivity index (χ3v) is 6.12. The summed E-state index contributed by atoms with van der Waals surface area (Å²) in [7, 11) is 0. The van der Waals surface area contributed by atoms with E-state index in [0.717, 1.165) is 21.9 Å². The molecule has 1 aliphatic rings. The van der Waals surface area contributed by atoms with Crippen LogP contribution in [0.3, 0.4) is 0 Å². The van der Waals surface area contributed by atoms with E-state index in [0.29, 0.717) is 26.9 Å². The van der Waals surface area contributed by atoms with E-state index in [1.165, 1.54) is 18.7 Å². The van der Waals surface area contributed by atoms with Crippen molar-refractivity contribution in [2.24, 2.45) is 0 Å². The average molecular weight is 429 g/mol. The van der Waals surface area contributed by atoms with Crippen LogP contribution in [0.25, 0.3) is 0 Å². The first-order valence-electron chi connectivity index (χ1n) is 8.66. The van der Waals surface area contributed by atoms with Crippen LogP contribution in [-0.2, 0) is 10.5 Å². The third kappa shape index (κ3) is 4.44. The minimum atomic E-state index is -0.409. The molecule has 0 saturated carbocycles. The molecule has 3 rings (SSSR count). The van der Waals surface area contributed by atoms with E-state index in [2.05, 4.69) is 11.4 Å². The predicted molar refractivity (Wildman–Crippen MR) is 116 cm³/mol. The highest BCUT2D eigenvalue weighted by Gasteiger charge is 2.32. The second-order valence-electron chi connectivity index (χ2n) is 6.47. The van der Waals surface area contributed by atoms with Crippen LogP contribution in [0.5, 0.6) is 0 Å². The molecule has 1 atom stereocenters. The van der Waals surface area contributed by atoms with Crippen molar-refractivity contribution in [2.45, 2.75) is 25.5 Å². The van der Waals surface area contributed by atoms with Gasteiger partial charge in [-0.2, -0.15) is 5.26 Å². The summed E-state index contributed by atoms with van der Waals surface area (Å²) in [6.45, 7) is 3.40. The van der Waals surface area contributed by atoms with Crippen molar-refractivity contribution in [3.63, 3.8) is 0 Å². The highest BCUT2D eigenvalue weighted by molar-refractivity contribution is 8.02. The first kappa shape index (κ1) is 20.5. The highest BCUT2D eigenvalue weighted by atomic mass is 35.5. The van der Waals surface area contributed by atoms with Gasteiger partial charge in [-0.25, -0.2) is 0 Å². The fourth-order valence-corrected chi connectivity index (χ4v) is 4.52.